The van der Waals surface area contributed by atoms with E-state index in [0.29, 0.717) is 0 Å². The summed E-state index contributed by atoms with van der Waals surface area (Å²) in [6.45, 7) is 4.02. The van der Waals surface area contributed by atoms with Crippen molar-refractivity contribution >= 4 is 36.2 Å². The number of hydrogen-bond acceptors (Lipinski definition) is 5. The molecule has 0 radical (unpaired) electrons. The molecule has 0 aromatic heterocycles. The van der Waals surface area contributed by atoms with Gasteiger partial charge in [0.25, 0.3) is 0 Å². The molecule has 5 nitrogen and oxygen atoms in total. The summed E-state index contributed by atoms with van der Waals surface area (Å²) < 4.78 is 28.4. The SMILES string of the molecule is CCOP(=O)(CC(=O)OC/C=C\I)OCC. The van der Waals surface area contributed by atoms with E-state index in [1.54, 1.807) is 24.0 Å². The van der Waals surface area contributed by atoms with Crippen LogP contribution in [0.1, 0.15) is 13.8 Å². The molecule has 0 heterocycles. The van der Waals surface area contributed by atoms with Crippen LogP contribution in [0.15, 0.2) is 10.2 Å². The standard InChI is InChI=1S/C9H16IO5P/c1-3-14-16(12,15-4-2)8-9(11)13-7-5-6-10/h5-6H,3-4,7-8H2,1-2H3/b6-5-. The molecule has 0 amide bonds. The van der Waals surface area contributed by atoms with Crippen molar-refractivity contribution in [3.8, 4) is 0 Å². The molecule has 16 heavy (non-hydrogen) atoms. The summed E-state index contributed by atoms with van der Waals surface area (Å²) in [5.41, 5.74) is 0. The molecule has 0 spiro atoms. The summed E-state index contributed by atoms with van der Waals surface area (Å²) in [5, 5.41) is 0. The molecule has 0 rings (SSSR count). The van der Waals surface area contributed by atoms with Crippen LogP contribution in [0, 0.1) is 0 Å². The fraction of sp³-hybridized carbons (Fsp3) is 0.667. The van der Waals surface area contributed by atoms with Crippen molar-refractivity contribution in [3.63, 3.8) is 0 Å². The van der Waals surface area contributed by atoms with Crippen molar-refractivity contribution in [2.24, 2.45) is 0 Å². The van der Waals surface area contributed by atoms with E-state index in [9.17, 15) is 9.36 Å². The summed E-state index contributed by atoms with van der Waals surface area (Å²) >= 11 is 2.01. The van der Waals surface area contributed by atoms with Gasteiger partial charge in [0.2, 0.25) is 0 Å². The van der Waals surface area contributed by atoms with E-state index in [1.807, 2.05) is 22.6 Å². The van der Waals surface area contributed by atoms with Crippen LogP contribution < -0.4 is 0 Å². The fourth-order valence-electron chi connectivity index (χ4n) is 0.903. The molecule has 0 aliphatic carbocycles. The van der Waals surface area contributed by atoms with Gasteiger partial charge in [-0.15, -0.1) is 0 Å². The molecule has 0 atom stereocenters. The van der Waals surface area contributed by atoms with Crippen molar-refractivity contribution in [2.45, 2.75) is 13.8 Å². The van der Waals surface area contributed by atoms with Gasteiger partial charge in [-0.3, -0.25) is 9.36 Å². The van der Waals surface area contributed by atoms with E-state index in [1.165, 1.54) is 0 Å². The Hall–Kier alpha value is 0.0900. The maximum absolute atomic E-state index is 11.9. The second kappa shape index (κ2) is 9.15. The molecule has 7 heteroatoms. The van der Waals surface area contributed by atoms with Crippen molar-refractivity contribution in [2.75, 3.05) is 26.0 Å². The Labute approximate surface area is 109 Å². The molecule has 0 N–H and O–H groups in total. The summed E-state index contributed by atoms with van der Waals surface area (Å²) in [5.74, 6) is -0.584. The molecule has 0 aliphatic rings. The minimum Gasteiger partial charge on any atom is -0.461 e. The molecule has 0 aromatic rings. The summed E-state index contributed by atoms with van der Waals surface area (Å²) in [4.78, 5) is 11.3. The van der Waals surface area contributed by atoms with Gasteiger partial charge in [-0.05, 0) is 24.0 Å². The Balaban J connectivity index is 4.17. The second-order valence-corrected chi connectivity index (χ2v) is 5.42. The van der Waals surface area contributed by atoms with Crippen molar-refractivity contribution in [1.29, 1.82) is 0 Å². The Morgan fingerprint density at radius 1 is 1.31 bits per heavy atom. The average Bonchev–Trinajstić information content (AvgIpc) is 2.18. The first-order valence-corrected chi connectivity index (χ1v) is 7.84. The number of rotatable bonds is 8. The molecule has 0 aromatic carbocycles. The van der Waals surface area contributed by atoms with Gasteiger partial charge in [0.05, 0.1) is 13.2 Å². The van der Waals surface area contributed by atoms with Gasteiger partial charge < -0.3 is 13.8 Å². The predicted octanol–water partition coefficient (Wildman–Crippen LogP) is 2.74. The van der Waals surface area contributed by atoms with Gasteiger partial charge in [-0.25, -0.2) is 0 Å². The van der Waals surface area contributed by atoms with Crippen LogP contribution >= 0.6 is 30.2 Å². The highest BCUT2D eigenvalue weighted by atomic mass is 127. The first kappa shape index (κ1) is 16.1. The molecule has 0 fully saturated rings. The van der Waals surface area contributed by atoms with Gasteiger partial charge in [-0.2, -0.15) is 0 Å². The van der Waals surface area contributed by atoms with Crippen LogP contribution in [0.2, 0.25) is 0 Å². The second-order valence-electron chi connectivity index (χ2n) is 2.65. The third kappa shape index (κ3) is 7.38. The maximum Gasteiger partial charge on any atom is 0.341 e. The number of carbonyl (C=O) groups is 1. The largest absolute Gasteiger partial charge is 0.461 e. The van der Waals surface area contributed by atoms with E-state index in [4.69, 9.17) is 13.8 Å². The topological polar surface area (TPSA) is 61.8 Å². The average molecular weight is 362 g/mol. The van der Waals surface area contributed by atoms with Gasteiger partial charge >= 0.3 is 13.6 Å². The van der Waals surface area contributed by atoms with E-state index in [0.717, 1.165) is 0 Å². The lowest BCUT2D eigenvalue weighted by molar-refractivity contribution is -0.139. The highest BCUT2D eigenvalue weighted by Gasteiger charge is 2.28. The van der Waals surface area contributed by atoms with E-state index in [-0.39, 0.29) is 26.0 Å². The maximum atomic E-state index is 11.9. The zero-order chi connectivity index (χ0) is 12.4. The van der Waals surface area contributed by atoms with Crippen LogP contribution in [0.4, 0.5) is 0 Å². The van der Waals surface area contributed by atoms with E-state index >= 15 is 0 Å². The number of carbonyl (C=O) groups excluding carboxylic acids is 1. The van der Waals surface area contributed by atoms with Gasteiger partial charge in [0.1, 0.15) is 12.8 Å². The fourth-order valence-corrected chi connectivity index (χ4v) is 2.56. The van der Waals surface area contributed by atoms with E-state index in [2.05, 4.69) is 0 Å². The van der Waals surface area contributed by atoms with Gasteiger partial charge in [0.15, 0.2) is 0 Å². The summed E-state index contributed by atoms with van der Waals surface area (Å²) in [7, 11) is -3.32. The molecule has 0 saturated carbocycles. The lowest BCUT2D eigenvalue weighted by Gasteiger charge is -2.15. The normalized spacial score (nSPS) is 11.9. The Kier molecular flexibility index (Phi) is 9.21. The Morgan fingerprint density at radius 3 is 2.31 bits per heavy atom. The zero-order valence-electron chi connectivity index (χ0n) is 9.35. The number of hydrogen-bond donors (Lipinski definition) is 0. The molecule has 0 aliphatic heterocycles. The lowest BCUT2D eigenvalue weighted by Crippen LogP contribution is -2.13. The molecule has 0 unspecified atom stereocenters. The molecule has 94 valence electrons. The molecule has 0 bridgehead atoms. The molecule has 0 saturated heterocycles. The minimum atomic E-state index is -3.32. The van der Waals surface area contributed by atoms with Crippen LogP contribution in [0.5, 0.6) is 0 Å². The molecular formula is C9H16IO5P. The minimum absolute atomic E-state index is 0.167. The Morgan fingerprint density at radius 2 is 1.88 bits per heavy atom. The first-order valence-electron chi connectivity index (χ1n) is 4.87. The number of halogens is 1. The van der Waals surface area contributed by atoms with Gasteiger partial charge in [0, 0.05) is 0 Å². The van der Waals surface area contributed by atoms with Crippen LogP contribution in [-0.2, 0) is 23.1 Å². The van der Waals surface area contributed by atoms with Crippen LogP contribution in [-0.4, -0.2) is 32.0 Å². The van der Waals surface area contributed by atoms with Crippen molar-refractivity contribution < 1.29 is 23.1 Å². The van der Waals surface area contributed by atoms with Crippen molar-refractivity contribution in [1.82, 2.24) is 0 Å². The quantitative estimate of drug-likeness (QED) is 0.378. The van der Waals surface area contributed by atoms with Gasteiger partial charge in [-0.1, -0.05) is 22.6 Å². The third-order valence-corrected chi connectivity index (χ3v) is 3.86. The highest BCUT2D eigenvalue weighted by molar-refractivity contribution is 14.1. The molecular weight excluding hydrogens is 346 g/mol. The van der Waals surface area contributed by atoms with Crippen LogP contribution in [0.3, 0.4) is 0 Å². The summed E-state index contributed by atoms with van der Waals surface area (Å²) in [6, 6.07) is 0. The summed E-state index contributed by atoms with van der Waals surface area (Å²) in [6.07, 6.45) is 1.33. The number of esters is 1. The Bertz CT molecular complexity index is 269. The first-order chi connectivity index (χ1) is 7.58. The highest BCUT2D eigenvalue weighted by Crippen LogP contribution is 2.47. The third-order valence-electron chi connectivity index (χ3n) is 1.40. The van der Waals surface area contributed by atoms with Crippen LogP contribution in [0.25, 0.3) is 0 Å². The van der Waals surface area contributed by atoms with Crippen molar-refractivity contribution in [3.05, 3.63) is 10.2 Å². The van der Waals surface area contributed by atoms with E-state index < -0.39 is 13.6 Å². The zero-order valence-corrected chi connectivity index (χ0v) is 12.4. The lowest BCUT2D eigenvalue weighted by atomic mass is 10.7. The smallest absolute Gasteiger partial charge is 0.341 e. The predicted molar refractivity (Wildman–Crippen MR) is 69.8 cm³/mol. The monoisotopic (exact) mass is 362 g/mol. The number of ether oxygens (including phenoxy) is 1.